The van der Waals surface area contributed by atoms with E-state index in [1.165, 1.54) is 11.9 Å². The number of nitrogens with two attached hydrogens (primary N) is 1. The van der Waals surface area contributed by atoms with Crippen molar-refractivity contribution in [2.75, 3.05) is 5.73 Å². The Hall–Kier alpha value is -3.22. The molecule has 0 amide bonds. The summed E-state index contributed by atoms with van der Waals surface area (Å²) in [6.07, 6.45) is 3.26. The van der Waals surface area contributed by atoms with Crippen LogP contribution in [0.25, 0.3) is 22.5 Å². The maximum Gasteiger partial charge on any atom is 0.170 e. The molecule has 2 N–H and O–H groups in total. The van der Waals surface area contributed by atoms with Gasteiger partial charge in [0.15, 0.2) is 11.5 Å². The zero-order chi connectivity index (χ0) is 16.8. The van der Waals surface area contributed by atoms with Crippen LogP contribution in [0.15, 0.2) is 36.8 Å². The molecule has 0 aliphatic heterocycles. The van der Waals surface area contributed by atoms with Crippen molar-refractivity contribution in [1.82, 2.24) is 29.5 Å². The van der Waals surface area contributed by atoms with E-state index in [4.69, 9.17) is 5.73 Å². The normalized spacial score (nSPS) is 11.3. The lowest BCUT2D eigenvalue weighted by Crippen LogP contribution is -2.06. The minimum atomic E-state index is 0.534. The zero-order valence-electron chi connectivity index (χ0n) is 13.7. The molecule has 0 bridgehead atoms. The van der Waals surface area contributed by atoms with Crippen LogP contribution in [0.4, 0.5) is 5.82 Å². The summed E-state index contributed by atoms with van der Waals surface area (Å²) in [5, 5.41) is 9.73. The summed E-state index contributed by atoms with van der Waals surface area (Å²) >= 11 is 0. The Morgan fingerprint density at radius 3 is 2.62 bits per heavy atom. The Kier molecular flexibility index (Phi) is 3.09. The Morgan fingerprint density at radius 1 is 1.04 bits per heavy atom. The molecule has 0 atom stereocenters. The first-order valence-electron chi connectivity index (χ1n) is 7.64. The number of aromatic nitrogens is 6. The number of anilines is 1. The molecule has 7 heteroatoms. The van der Waals surface area contributed by atoms with E-state index in [1.54, 1.807) is 10.9 Å². The average molecular weight is 319 g/mol. The van der Waals surface area contributed by atoms with Crippen LogP contribution in [-0.2, 0) is 0 Å². The fraction of sp³-hybridized carbons (Fsp3) is 0.176. The molecule has 0 radical (unpaired) electrons. The van der Waals surface area contributed by atoms with Crippen molar-refractivity contribution in [2.45, 2.75) is 20.8 Å². The second-order valence-corrected chi connectivity index (χ2v) is 5.83. The van der Waals surface area contributed by atoms with E-state index in [0.29, 0.717) is 11.6 Å². The van der Waals surface area contributed by atoms with Gasteiger partial charge in [-0.25, -0.2) is 14.6 Å². The lowest BCUT2D eigenvalue weighted by molar-refractivity contribution is 0.843. The van der Waals surface area contributed by atoms with Gasteiger partial charge in [-0.15, -0.1) is 0 Å². The highest BCUT2D eigenvalue weighted by Crippen LogP contribution is 2.25. The molecule has 0 aliphatic carbocycles. The Morgan fingerprint density at radius 2 is 1.88 bits per heavy atom. The Labute approximate surface area is 138 Å². The van der Waals surface area contributed by atoms with Crippen LogP contribution in [0.5, 0.6) is 0 Å². The quantitative estimate of drug-likeness (QED) is 0.613. The van der Waals surface area contributed by atoms with Gasteiger partial charge in [-0.2, -0.15) is 14.9 Å². The predicted octanol–water partition coefficient (Wildman–Crippen LogP) is 2.51. The third-order valence-electron chi connectivity index (χ3n) is 4.21. The van der Waals surface area contributed by atoms with Crippen molar-refractivity contribution < 1.29 is 0 Å². The topological polar surface area (TPSA) is 87.4 Å². The van der Waals surface area contributed by atoms with Gasteiger partial charge < -0.3 is 5.73 Å². The molecule has 0 spiro atoms. The molecule has 3 aromatic heterocycles. The van der Waals surface area contributed by atoms with Crippen LogP contribution in [-0.4, -0.2) is 29.5 Å². The largest absolute Gasteiger partial charge is 0.384 e. The number of nitrogen functional groups attached to an aromatic ring is 1. The first-order chi connectivity index (χ1) is 11.6. The second kappa shape index (κ2) is 5.16. The van der Waals surface area contributed by atoms with Crippen LogP contribution in [0.2, 0.25) is 0 Å². The monoisotopic (exact) mass is 319 g/mol. The standard InChI is InChI=1S/C17H17N7/c1-10-5-4-6-14(12(10)3)23-16-13(8-21-23)17(20-9-19-16)24-15(18)7-11(2)22-24/h4-9H,18H2,1-3H3. The molecule has 0 unspecified atom stereocenters. The molecule has 0 fully saturated rings. The van der Waals surface area contributed by atoms with Crippen molar-refractivity contribution in [3.8, 4) is 11.5 Å². The first-order valence-corrected chi connectivity index (χ1v) is 7.64. The van der Waals surface area contributed by atoms with Crippen molar-refractivity contribution in [3.63, 3.8) is 0 Å². The molecule has 4 aromatic rings. The summed E-state index contributed by atoms with van der Waals surface area (Å²) in [4.78, 5) is 8.77. The van der Waals surface area contributed by atoms with Crippen LogP contribution < -0.4 is 5.73 Å². The van der Waals surface area contributed by atoms with Gasteiger partial charge in [0, 0.05) is 6.07 Å². The molecule has 0 saturated heterocycles. The van der Waals surface area contributed by atoms with Crippen molar-refractivity contribution in [3.05, 3.63) is 53.6 Å². The molecule has 1 aromatic carbocycles. The maximum absolute atomic E-state index is 6.04. The highest BCUT2D eigenvalue weighted by atomic mass is 15.4. The molecule has 0 aliphatic rings. The molecule has 24 heavy (non-hydrogen) atoms. The molecule has 0 saturated carbocycles. The number of nitrogens with zero attached hydrogens (tertiary/aromatic N) is 6. The van der Waals surface area contributed by atoms with Gasteiger partial charge >= 0.3 is 0 Å². The van der Waals surface area contributed by atoms with Crippen molar-refractivity contribution in [1.29, 1.82) is 0 Å². The average Bonchev–Trinajstić information content (AvgIpc) is 3.13. The Bertz CT molecular complexity index is 1060. The van der Waals surface area contributed by atoms with Gasteiger partial charge in [0.2, 0.25) is 0 Å². The van der Waals surface area contributed by atoms with E-state index < -0.39 is 0 Å². The van der Waals surface area contributed by atoms with Gasteiger partial charge in [-0.3, -0.25) is 0 Å². The van der Waals surface area contributed by atoms with E-state index in [2.05, 4.69) is 40.1 Å². The minimum Gasteiger partial charge on any atom is -0.384 e. The summed E-state index contributed by atoms with van der Waals surface area (Å²) < 4.78 is 3.45. The number of aryl methyl sites for hydroxylation is 2. The number of hydrogen-bond acceptors (Lipinski definition) is 5. The SMILES string of the molecule is Cc1cc(N)n(-c2ncnc3c2cnn3-c2cccc(C)c2C)n1. The van der Waals surface area contributed by atoms with E-state index in [-0.39, 0.29) is 0 Å². The number of rotatable bonds is 2. The molecule has 4 rings (SSSR count). The third-order valence-corrected chi connectivity index (χ3v) is 4.21. The second-order valence-electron chi connectivity index (χ2n) is 5.83. The summed E-state index contributed by atoms with van der Waals surface area (Å²) in [7, 11) is 0. The summed E-state index contributed by atoms with van der Waals surface area (Å²) in [6.45, 7) is 6.05. The van der Waals surface area contributed by atoms with E-state index in [0.717, 1.165) is 28.0 Å². The molecular weight excluding hydrogens is 302 g/mol. The van der Waals surface area contributed by atoms with Gasteiger partial charge in [0.05, 0.1) is 23.0 Å². The van der Waals surface area contributed by atoms with E-state index >= 15 is 0 Å². The van der Waals surface area contributed by atoms with E-state index in [9.17, 15) is 0 Å². The van der Waals surface area contributed by atoms with Crippen LogP contribution in [0, 0.1) is 20.8 Å². The fourth-order valence-electron chi connectivity index (χ4n) is 2.83. The maximum atomic E-state index is 6.04. The van der Waals surface area contributed by atoms with Gasteiger partial charge in [-0.1, -0.05) is 12.1 Å². The van der Waals surface area contributed by atoms with E-state index in [1.807, 2.05) is 29.8 Å². The van der Waals surface area contributed by atoms with Crippen LogP contribution in [0.1, 0.15) is 16.8 Å². The molecule has 120 valence electrons. The highest BCUT2D eigenvalue weighted by Gasteiger charge is 2.16. The minimum absolute atomic E-state index is 0.534. The number of hydrogen-bond donors (Lipinski definition) is 1. The summed E-state index contributed by atoms with van der Waals surface area (Å²) in [6, 6.07) is 7.94. The van der Waals surface area contributed by atoms with Crippen molar-refractivity contribution >= 4 is 16.9 Å². The Balaban J connectivity index is 1.98. The molecule has 7 nitrogen and oxygen atoms in total. The van der Waals surface area contributed by atoms with Crippen LogP contribution in [0.3, 0.4) is 0 Å². The molecular formula is C17H17N7. The van der Waals surface area contributed by atoms with Crippen molar-refractivity contribution in [2.24, 2.45) is 0 Å². The van der Waals surface area contributed by atoms with Gasteiger partial charge in [-0.05, 0) is 38.0 Å². The highest BCUT2D eigenvalue weighted by molar-refractivity contribution is 5.83. The smallest absolute Gasteiger partial charge is 0.170 e. The van der Waals surface area contributed by atoms with Crippen LogP contribution >= 0.6 is 0 Å². The molecule has 3 heterocycles. The number of fused-ring (bicyclic) bond motifs is 1. The lowest BCUT2D eigenvalue weighted by atomic mass is 10.1. The third kappa shape index (κ3) is 2.05. The summed E-state index contributed by atoms with van der Waals surface area (Å²) in [5.74, 6) is 1.16. The first kappa shape index (κ1) is 14.4. The fourth-order valence-corrected chi connectivity index (χ4v) is 2.83. The predicted molar refractivity (Wildman–Crippen MR) is 92.4 cm³/mol. The zero-order valence-corrected chi connectivity index (χ0v) is 13.7. The van der Waals surface area contributed by atoms with Gasteiger partial charge in [0.1, 0.15) is 12.1 Å². The number of benzene rings is 1. The van der Waals surface area contributed by atoms with Gasteiger partial charge in [0.25, 0.3) is 0 Å². The lowest BCUT2D eigenvalue weighted by Gasteiger charge is -2.09. The summed E-state index contributed by atoms with van der Waals surface area (Å²) in [5.41, 5.74) is 11.0.